The monoisotopic (exact) mass is 356 g/mol. The second-order valence-electron chi connectivity index (χ2n) is 6.40. The normalized spacial score (nSPS) is 15.3. The van der Waals surface area contributed by atoms with E-state index in [1.165, 1.54) is 5.56 Å². The number of nitrogens with one attached hydrogen (secondary N) is 1. The first-order valence-electron chi connectivity index (χ1n) is 8.23. The number of aromatic nitrogens is 1. The molecule has 0 aliphatic carbocycles. The highest BCUT2D eigenvalue weighted by molar-refractivity contribution is 7.89. The van der Waals surface area contributed by atoms with E-state index in [9.17, 15) is 8.42 Å². The van der Waals surface area contributed by atoms with E-state index >= 15 is 0 Å². The summed E-state index contributed by atoms with van der Waals surface area (Å²) >= 11 is 0. The third kappa shape index (κ3) is 2.71. The second-order valence-corrected chi connectivity index (χ2v) is 8.33. The molecule has 0 saturated heterocycles. The largest absolute Gasteiger partial charge is 0.497 e. The summed E-state index contributed by atoms with van der Waals surface area (Å²) in [7, 11) is -1.96. The van der Waals surface area contributed by atoms with Gasteiger partial charge in [-0.2, -0.15) is 4.31 Å². The van der Waals surface area contributed by atoms with Gasteiger partial charge < -0.3 is 9.72 Å². The number of H-pyrrole nitrogens is 1. The van der Waals surface area contributed by atoms with Gasteiger partial charge in [-0.15, -0.1) is 0 Å². The maximum absolute atomic E-state index is 13.0. The van der Waals surface area contributed by atoms with E-state index in [-0.39, 0.29) is 0 Å². The Balaban J connectivity index is 1.71. The van der Waals surface area contributed by atoms with Crippen LogP contribution in [0.2, 0.25) is 0 Å². The summed E-state index contributed by atoms with van der Waals surface area (Å²) in [5.41, 5.74) is 4.47. The van der Waals surface area contributed by atoms with Gasteiger partial charge in [0.05, 0.1) is 12.0 Å². The van der Waals surface area contributed by atoms with Gasteiger partial charge in [0, 0.05) is 36.1 Å². The number of aryl methyl sites for hydroxylation is 1. The number of nitrogens with zero attached hydrogens (tertiary/aromatic N) is 1. The zero-order chi connectivity index (χ0) is 17.6. The van der Waals surface area contributed by atoms with E-state index < -0.39 is 10.0 Å². The molecule has 25 heavy (non-hydrogen) atoms. The summed E-state index contributed by atoms with van der Waals surface area (Å²) in [5.74, 6) is 0.645. The quantitative estimate of drug-likeness (QED) is 0.784. The minimum absolute atomic E-state index is 0.299. The van der Waals surface area contributed by atoms with Gasteiger partial charge in [0.1, 0.15) is 5.75 Å². The molecule has 1 aromatic heterocycles. The molecule has 2 heterocycles. The average molecular weight is 356 g/mol. The van der Waals surface area contributed by atoms with Crippen molar-refractivity contribution in [3.63, 3.8) is 0 Å². The number of aromatic amines is 1. The molecule has 0 bridgehead atoms. The molecule has 6 heteroatoms. The number of ether oxygens (including phenoxy) is 1. The lowest BCUT2D eigenvalue weighted by Gasteiger charge is -2.26. The number of benzene rings is 2. The minimum Gasteiger partial charge on any atom is -0.497 e. The third-order valence-corrected chi connectivity index (χ3v) is 6.65. The van der Waals surface area contributed by atoms with Crippen LogP contribution in [0, 0.1) is 6.92 Å². The Morgan fingerprint density at radius 2 is 1.88 bits per heavy atom. The highest BCUT2D eigenvalue weighted by Crippen LogP contribution is 2.31. The van der Waals surface area contributed by atoms with Crippen LogP contribution in [0.15, 0.2) is 47.4 Å². The van der Waals surface area contributed by atoms with E-state index in [0.717, 1.165) is 22.2 Å². The van der Waals surface area contributed by atoms with Crippen molar-refractivity contribution in [1.29, 1.82) is 0 Å². The molecular weight excluding hydrogens is 336 g/mol. The summed E-state index contributed by atoms with van der Waals surface area (Å²) in [6.07, 6.45) is 0.693. The van der Waals surface area contributed by atoms with Crippen LogP contribution in [0.4, 0.5) is 0 Å². The number of sulfonamides is 1. The van der Waals surface area contributed by atoms with Crippen LogP contribution in [-0.4, -0.2) is 31.4 Å². The number of methoxy groups -OCH3 is 1. The van der Waals surface area contributed by atoms with Gasteiger partial charge in [0.15, 0.2) is 0 Å². The molecular formula is C19H20N2O3S. The Hall–Kier alpha value is -2.31. The minimum atomic E-state index is -3.52. The van der Waals surface area contributed by atoms with E-state index in [0.29, 0.717) is 30.2 Å². The molecule has 4 rings (SSSR count). The molecule has 3 aromatic rings. The summed E-state index contributed by atoms with van der Waals surface area (Å²) in [6, 6.07) is 12.8. The van der Waals surface area contributed by atoms with Gasteiger partial charge in [-0.25, -0.2) is 8.42 Å². The molecule has 0 amide bonds. The van der Waals surface area contributed by atoms with Crippen LogP contribution in [-0.2, 0) is 23.0 Å². The predicted molar refractivity (Wildman–Crippen MR) is 97.3 cm³/mol. The lowest BCUT2D eigenvalue weighted by Crippen LogP contribution is -2.35. The lowest BCUT2D eigenvalue weighted by molar-refractivity contribution is 0.391. The molecule has 1 N–H and O–H groups in total. The van der Waals surface area contributed by atoms with Crippen molar-refractivity contribution in [2.45, 2.75) is 24.8 Å². The van der Waals surface area contributed by atoms with Gasteiger partial charge in [-0.3, -0.25) is 0 Å². The van der Waals surface area contributed by atoms with Crippen LogP contribution in [0.5, 0.6) is 5.75 Å². The molecule has 0 fully saturated rings. The van der Waals surface area contributed by atoms with Crippen molar-refractivity contribution >= 4 is 20.9 Å². The topological polar surface area (TPSA) is 62.4 Å². The summed E-state index contributed by atoms with van der Waals surface area (Å²) < 4.78 is 32.7. The molecule has 1 aliphatic heterocycles. The predicted octanol–water partition coefficient (Wildman–Crippen LogP) is 3.23. The maximum Gasteiger partial charge on any atom is 0.243 e. The Morgan fingerprint density at radius 3 is 2.60 bits per heavy atom. The molecule has 0 unspecified atom stereocenters. The number of fused-ring (bicyclic) bond motifs is 3. The average Bonchev–Trinajstić information content (AvgIpc) is 2.99. The van der Waals surface area contributed by atoms with Crippen molar-refractivity contribution in [3.8, 4) is 5.75 Å². The van der Waals surface area contributed by atoms with Gasteiger partial charge >= 0.3 is 0 Å². The van der Waals surface area contributed by atoms with Crippen molar-refractivity contribution in [2.75, 3.05) is 13.7 Å². The Bertz CT molecular complexity index is 1040. The van der Waals surface area contributed by atoms with Crippen molar-refractivity contribution in [1.82, 2.24) is 9.29 Å². The first-order valence-corrected chi connectivity index (χ1v) is 9.67. The molecule has 0 saturated carbocycles. The third-order valence-electron chi connectivity index (χ3n) is 4.79. The first kappa shape index (κ1) is 16.2. The van der Waals surface area contributed by atoms with Crippen molar-refractivity contribution < 1.29 is 13.2 Å². The first-order chi connectivity index (χ1) is 12.0. The zero-order valence-electron chi connectivity index (χ0n) is 14.2. The molecule has 2 aromatic carbocycles. The smallest absolute Gasteiger partial charge is 0.243 e. The van der Waals surface area contributed by atoms with Gasteiger partial charge in [-0.05, 0) is 48.9 Å². The zero-order valence-corrected chi connectivity index (χ0v) is 15.1. The second kappa shape index (κ2) is 5.89. The molecule has 0 atom stereocenters. The molecule has 5 nitrogen and oxygen atoms in total. The number of hydrogen-bond acceptors (Lipinski definition) is 3. The van der Waals surface area contributed by atoms with Gasteiger partial charge in [-0.1, -0.05) is 11.6 Å². The number of hydrogen-bond donors (Lipinski definition) is 1. The summed E-state index contributed by atoms with van der Waals surface area (Å²) in [6.45, 7) is 2.92. The highest BCUT2D eigenvalue weighted by atomic mass is 32.2. The van der Waals surface area contributed by atoms with Gasteiger partial charge in [0.25, 0.3) is 0 Å². The van der Waals surface area contributed by atoms with Crippen LogP contribution < -0.4 is 4.74 Å². The summed E-state index contributed by atoms with van der Waals surface area (Å²) in [4.78, 5) is 3.73. The Labute approximate surface area is 147 Å². The van der Waals surface area contributed by atoms with Gasteiger partial charge in [0.2, 0.25) is 10.0 Å². The standard InChI is InChI=1S/C19H20N2O3S/c1-13-3-8-18-16(11-13)17-12-21(10-9-19(17)20-18)25(22,23)15-6-4-14(24-2)5-7-15/h3-8,11,20H,9-10,12H2,1-2H3. The fourth-order valence-corrected chi connectivity index (χ4v) is 4.81. The lowest BCUT2D eigenvalue weighted by atomic mass is 10.0. The van der Waals surface area contributed by atoms with E-state index in [2.05, 4.69) is 23.2 Å². The molecule has 0 spiro atoms. The van der Waals surface area contributed by atoms with Crippen LogP contribution in [0.3, 0.4) is 0 Å². The van der Waals surface area contributed by atoms with E-state index in [1.807, 2.05) is 6.92 Å². The van der Waals surface area contributed by atoms with Crippen LogP contribution >= 0.6 is 0 Å². The maximum atomic E-state index is 13.0. The Kier molecular flexibility index (Phi) is 3.81. The molecule has 0 radical (unpaired) electrons. The SMILES string of the molecule is COc1ccc(S(=O)(=O)N2CCc3[nH]c4ccc(C)cc4c3C2)cc1. The fraction of sp³-hybridized carbons (Fsp3) is 0.263. The molecule has 1 aliphatic rings. The van der Waals surface area contributed by atoms with Crippen LogP contribution in [0.1, 0.15) is 16.8 Å². The van der Waals surface area contributed by atoms with Crippen LogP contribution in [0.25, 0.3) is 10.9 Å². The number of rotatable bonds is 3. The fourth-order valence-electron chi connectivity index (χ4n) is 3.41. The summed E-state index contributed by atoms with van der Waals surface area (Å²) in [5, 5.41) is 1.12. The molecule has 130 valence electrons. The highest BCUT2D eigenvalue weighted by Gasteiger charge is 2.30. The van der Waals surface area contributed by atoms with Crippen molar-refractivity contribution in [3.05, 3.63) is 59.3 Å². The van der Waals surface area contributed by atoms with Crippen molar-refractivity contribution in [2.24, 2.45) is 0 Å². The van der Waals surface area contributed by atoms with E-state index in [1.54, 1.807) is 35.7 Å². The Morgan fingerprint density at radius 1 is 1.12 bits per heavy atom. The van der Waals surface area contributed by atoms with E-state index in [4.69, 9.17) is 4.74 Å².